The molecule has 0 radical (unpaired) electrons. The van der Waals surface area contributed by atoms with Gasteiger partial charge >= 0.3 is 17.9 Å². The monoisotopic (exact) mass is 1170 g/mol. The predicted octanol–water partition coefficient (Wildman–Crippen LogP) is 4.02. The third kappa shape index (κ3) is 16.3. The summed E-state index contributed by atoms with van der Waals surface area (Å²) in [7, 11) is 7.12. The van der Waals surface area contributed by atoms with Crippen molar-refractivity contribution in [3.63, 3.8) is 0 Å². The highest BCUT2D eigenvalue weighted by molar-refractivity contribution is 5.94. The number of carbonyl (C=O) groups excluding carboxylic acids is 3. The number of hydrogen-bond acceptors (Lipinski definition) is 20. The first kappa shape index (κ1) is 68.0. The van der Waals surface area contributed by atoms with Crippen LogP contribution in [0.25, 0.3) is 10.9 Å². The van der Waals surface area contributed by atoms with Crippen molar-refractivity contribution in [1.29, 1.82) is 0 Å². The molecule has 4 aliphatic heterocycles. The van der Waals surface area contributed by atoms with E-state index in [0.717, 1.165) is 13.1 Å². The topological polar surface area (TPSA) is 241 Å². The van der Waals surface area contributed by atoms with E-state index in [0.29, 0.717) is 62.2 Å². The molecule has 0 bridgehead atoms. The number of esters is 3. The van der Waals surface area contributed by atoms with Gasteiger partial charge < -0.3 is 77.6 Å². The Morgan fingerprint density at radius 3 is 2.20 bits per heavy atom. The summed E-state index contributed by atoms with van der Waals surface area (Å²) in [6, 6.07) is 4.55. The Kier molecular flexibility index (Phi) is 23.8. The standard InChI is InChI=1S/C62H99N5O16/c1-17-48-62(12,75)54(71)41(8)64(15)35-37(4)33-60(10,74)55(83-59-52(70)47(63(13)14)31-38(5)78-59)39(6)53(40(7)57(72)80-48)82-50-34-61(11,76-16)56(42(9)79-50)81-49(68)24-26-66-29-27-65(28-30-66)25-20-21-43-22-23-46-44(32-43)51(69)45(36-67(46)18-2)58(73)77-19-3/h22-23,32,36-42,47-48,50,52-56,59,70-71,74-75H,17-19,24-31,33-35H2,1-16H3/t37-,38-,39+,40-,41-,42+,47+,48-,50+,52-,53+,54-,55-,56+,59+,60-,61-,62-/m1/s1. The van der Waals surface area contributed by atoms with Crippen LogP contribution < -0.4 is 5.43 Å². The summed E-state index contributed by atoms with van der Waals surface area (Å²) in [6.45, 7) is 26.3. The lowest BCUT2D eigenvalue weighted by Crippen LogP contribution is -2.61. The van der Waals surface area contributed by atoms with Crippen molar-refractivity contribution in [3.05, 3.63) is 45.7 Å². The highest BCUT2D eigenvalue weighted by Crippen LogP contribution is 2.41. The summed E-state index contributed by atoms with van der Waals surface area (Å²) in [4.78, 5) is 62.6. The van der Waals surface area contributed by atoms with E-state index in [2.05, 4.69) is 21.6 Å². The van der Waals surface area contributed by atoms with E-state index < -0.39 is 108 Å². The zero-order chi connectivity index (χ0) is 61.5. The first-order valence-corrected chi connectivity index (χ1v) is 30.0. The van der Waals surface area contributed by atoms with Crippen LogP contribution >= 0.6 is 0 Å². The van der Waals surface area contributed by atoms with Gasteiger partial charge in [0.2, 0.25) is 5.43 Å². The number of rotatable bonds is 15. The predicted molar refractivity (Wildman–Crippen MR) is 312 cm³/mol. The number of ether oxygens (including phenoxy) is 8. The Morgan fingerprint density at radius 1 is 0.904 bits per heavy atom. The number of benzene rings is 1. The van der Waals surface area contributed by atoms with Gasteiger partial charge in [0.05, 0.1) is 61.0 Å². The minimum atomic E-state index is -1.86. The number of cyclic esters (lactones) is 1. The van der Waals surface area contributed by atoms with E-state index in [1.54, 1.807) is 53.8 Å². The lowest BCUT2D eigenvalue weighted by atomic mass is 9.77. The van der Waals surface area contributed by atoms with E-state index in [1.807, 2.05) is 82.3 Å². The fraction of sp³-hybridized carbons (Fsp3) is 0.774. The van der Waals surface area contributed by atoms with Crippen LogP contribution in [-0.2, 0) is 54.0 Å². The fourth-order valence-corrected chi connectivity index (χ4v) is 12.9. The number of nitrogens with zero attached hydrogens (tertiary/aromatic N) is 5. The fourth-order valence-electron chi connectivity index (χ4n) is 12.9. The summed E-state index contributed by atoms with van der Waals surface area (Å²) in [5.41, 5.74) is -3.63. The number of likely N-dealkylation sites (N-methyl/N-ethyl adjacent to an activating group) is 2. The average Bonchev–Trinajstić information content (AvgIpc) is 3.50. The normalized spacial score (nSPS) is 36.8. The third-order valence-corrected chi connectivity index (χ3v) is 18.0. The van der Waals surface area contributed by atoms with Gasteiger partial charge in [0.15, 0.2) is 18.7 Å². The van der Waals surface area contributed by atoms with Crippen molar-refractivity contribution in [1.82, 2.24) is 24.2 Å². The number of methoxy groups -OCH3 is 1. The maximum absolute atomic E-state index is 14.6. The molecule has 4 N–H and O–H groups in total. The Morgan fingerprint density at radius 2 is 1.58 bits per heavy atom. The van der Waals surface area contributed by atoms with Gasteiger partial charge in [0, 0.05) is 94.5 Å². The molecule has 0 aliphatic carbocycles. The Bertz CT molecular complexity index is 2610. The van der Waals surface area contributed by atoms with Crippen LogP contribution in [0.1, 0.15) is 131 Å². The molecule has 0 unspecified atom stereocenters. The first-order valence-electron chi connectivity index (χ1n) is 30.0. The Hall–Kier alpha value is -4.12. The molecule has 5 heterocycles. The van der Waals surface area contributed by atoms with Gasteiger partial charge in [-0.2, -0.15) is 0 Å². The van der Waals surface area contributed by atoms with Crippen LogP contribution in [0.3, 0.4) is 0 Å². The third-order valence-electron chi connectivity index (χ3n) is 18.0. The van der Waals surface area contributed by atoms with Crippen molar-refractivity contribution in [2.24, 2.45) is 17.8 Å². The van der Waals surface area contributed by atoms with Crippen LogP contribution in [-0.4, -0.2) is 233 Å². The van der Waals surface area contributed by atoms with Crippen LogP contribution in [0.5, 0.6) is 0 Å². The quantitative estimate of drug-likeness (QED) is 0.112. The molecule has 4 fully saturated rings. The van der Waals surface area contributed by atoms with Crippen molar-refractivity contribution >= 4 is 28.8 Å². The van der Waals surface area contributed by atoms with Gasteiger partial charge in [-0.25, -0.2) is 4.79 Å². The van der Waals surface area contributed by atoms with Gasteiger partial charge in [-0.3, -0.25) is 19.3 Å². The number of aromatic nitrogens is 1. The van der Waals surface area contributed by atoms with Gasteiger partial charge in [-0.15, -0.1) is 0 Å². The maximum Gasteiger partial charge on any atom is 0.343 e. The second-order valence-electron chi connectivity index (χ2n) is 24.9. The molecule has 0 amide bonds. The second-order valence-corrected chi connectivity index (χ2v) is 24.9. The number of carbonyl (C=O) groups is 3. The number of fused-ring (bicyclic) bond motifs is 1. The molecule has 6 rings (SSSR count). The molecule has 4 aliphatic rings. The van der Waals surface area contributed by atoms with E-state index in [4.69, 9.17) is 37.9 Å². The van der Waals surface area contributed by atoms with Crippen LogP contribution in [0, 0.1) is 29.6 Å². The molecule has 18 atom stereocenters. The average molecular weight is 1170 g/mol. The summed E-state index contributed by atoms with van der Waals surface area (Å²) >= 11 is 0. The summed E-state index contributed by atoms with van der Waals surface area (Å²) in [5.74, 6) is 2.52. The smallest absolute Gasteiger partial charge is 0.343 e. The van der Waals surface area contributed by atoms with Crippen LogP contribution in [0.4, 0.5) is 0 Å². The number of aliphatic hydroxyl groups excluding tert-OH is 2. The van der Waals surface area contributed by atoms with Crippen molar-refractivity contribution < 1.29 is 72.7 Å². The molecule has 1 aromatic carbocycles. The number of piperazine rings is 1. The Balaban J connectivity index is 1.15. The number of hydrogen-bond donors (Lipinski definition) is 4. The minimum Gasteiger partial charge on any atom is -0.462 e. The number of aliphatic hydroxyl groups is 4. The molecule has 0 spiro atoms. The molecule has 4 saturated heterocycles. The maximum atomic E-state index is 14.6. The summed E-state index contributed by atoms with van der Waals surface area (Å²) in [5, 5.41) is 48.7. The van der Waals surface area contributed by atoms with E-state index >= 15 is 0 Å². The van der Waals surface area contributed by atoms with E-state index in [-0.39, 0.29) is 61.3 Å². The highest BCUT2D eigenvalue weighted by Gasteiger charge is 2.54. The van der Waals surface area contributed by atoms with Crippen molar-refractivity contribution in [2.75, 3.05) is 80.7 Å². The van der Waals surface area contributed by atoms with Crippen molar-refractivity contribution in [3.8, 4) is 11.8 Å². The van der Waals surface area contributed by atoms with Gasteiger partial charge in [-0.1, -0.05) is 32.6 Å². The second kappa shape index (κ2) is 29.0. The molecular formula is C62H99N5O16. The zero-order valence-corrected chi connectivity index (χ0v) is 52.3. The lowest BCUT2D eigenvalue weighted by Gasteiger charge is -2.49. The van der Waals surface area contributed by atoms with Gasteiger partial charge in [0.1, 0.15) is 35.1 Å². The molecule has 0 saturated carbocycles. The molecule has 2 aromatic rings. The van der Waals surface area contributed by atoms with Gasteiger partial charge in [-0.05, 0) is 127 Å². The lowest BCUT2D eigenvalue weighted by molar-refractivity contribution is -0.318. The molecule has 468 valence electrons. The molecule has 21 nitrogen and oxygen atoms in total. The van der Waals surface area contributed by atoms with Crippen molar-refractivity contribution in [2.45, 2.75) is 212 Å². The number of aryl methyl sites for hydroxylation is 1. The molecule has 21 heteroatoms. The number of pyridine rings is 1. The molecule has 1 aromatic heterocycles. The van der Waals surface area contributed by atoms with Crippen LogP contribution in [0.15, 0.2) is 29.2 Å². The summed E-state index contributed by atoms with van der Waals surface area (Å²) in [6.07, 6.45) is -7.26. The minimum absolute atomic E-state index is 0.00504. The molecule has 83 heavy (non-hydrogen) atoms. The first-order chi connectivity index (χ1) is 39.0. The van der Waals surface area contributed by atoms with E-state index in [1.165, 1.54) is 14.0 Å². The SMILES string of the molecule is CCOC(=O)c1cn(CC)c2ccc(C#CCN3CCN(CCC(=O)O[C@H]4[C@H](C)O[C@@H](O[C@H]5[C@H](C)[C@@H](O[C@@H]6O[C@H](C)C[C@H](N(C)C)[C@H]6O)[C@](C)(O)C[C@@H](C)CN(C)[C@H](C)[C@@H](O)[C@](C)(O)[C@@H](CC)OC(=O)[C@@H]5C)C[C@@]4(C)OC)CC3)cc2c1=O. The molecular weight excluding hydrogens is 1070 g/mol. The zero-order valence-electron chi connectivity index (χ0n) is 52.3. The van der Waals surface area contributed by atoms with E-state index in [9.17, 15) is 39.6 Å². The highest BCUT2D eigenvalue weighted by atomic mass is 16.7. The van der Waals surface area contributed by atoms with Crippen LogP contribution in [0.2, 0.25) is 0 Å². The van der Waals surface area contributed by atoms with Gasteiger partial charge in [0.25, 0.3) is 0 Å². The summed E-state index contributed by atoms with van der Waals surface area (Å²) < 4.78 is 52.2. The Labute approximate surface area is 492 Å². The largest absolute Gasteiger partial charge is 0.462 e.